The highest BCUT2D eigenvalue weighted by Crippen LogP contribution is 2.26. The van der Waals surface area contributed by atoms with Crippen molar-refractivity contribution in [2.24, 2.45) is 0 Å². The van der Waals surface area contributed by atoms with Crippen molar-refractivity contribution in [2.75, 3.05) is 12.9 Å². The number of rotatable bonds is 5. The van der Waals surface area contributed by atoms with Crippen molar-refractivity contribution in [3.63, 3.8) is 0 Å². The average molecular weight is 290 g/mol. The molecule has 0 aliphatic heterocycles. The Morgan fingerprint density at radius 2 is 2.30 bits per heavy atom. The largest absolute Gasteiger partial charge is 0.462 e. The maximum Gasteiger partial charge on any atom is 0.341 e. The van der Waals surface area contributed by atoms with Gasteiger partial charge in [0.15, 0.2) is 6.29 Å². The number of hydrogen-bond donors (Lipinski definition) is 0. The second-order valence-corrected chi connectivity index (χ2v) is 4.78. The van der Waals surface area contributed by atoms with E-state index in [1.54, 1.807) is 36.1 Å². The molecule has 1 aromatic carbocycles. The fourth-order valence-corrected chi connectivity index (χ4v) is 2.32. The van der Waals surface area contributed by atoms with Gasteiger partial charge in [0, 0.05) is 22.9 Å². The molecule has 5 nitrogen and oxygen atoms in total. The maximum absolute atomic E-state index is 12.1. The summed E-state index contributed by atoms with van der Waals surface area (Å²) in [6, 6.07) is 5.25. The van der Waals surface area contributed by atoms with E-state index in [0.29, 0.717) is 17.5 Å². The highest BCUT2D eigenvalue weighted by Gasteiger charge is 2.20. The summed E-state index contributed by atoms with van der Waals surface area (Å²) in [6.45, 7) is 1.97. The Morgan fingerprint density at radius 3 is 2.85 bits per heavy atom. The lowest BCUT2D eigenvalue weighted by Gasteiger charge is -2.13. The van der Waals surface area contributed by atoms with Gasteiger partial charge in [-0.2, -0.15) is 5.10 Å². The first-order chi connectivity index (χ1) is 9.71. The molecule has 0 unspecified atom stereocenters. The molecule has 104 valence electrons. The first-order valence-corrected chi connectivity index (χ1v) is 7.28. The number of ether oxygens (including phenoxy) is 1. The predicted molar refractivity (Wildman–Crippen MR) is 76.7 cm³/mol. The predicted octanol–water partition coefficient (Wildman–Crippen LogP) is 2.58. The molecular weight excluding hydrogens is 276 g/mol. The quantitative estimate of drug-likeness (QED) is 0.481. The van der Waals surface area contributed by atoms with Crippen molar-refractivity contribution in [3.05, 3.63) is 41.7 Å². The van der Waals surface area contributed by atoms with Gasteiger partial charge in [0.2, 0.25) is 0 Å². The van der Waals surface area contributed by atoms with Crippen molar-refractivity contribution in [3.8, 4) is 5.69 Å². The van der Waals surface area contributed by atoms with E-state index in [1.165, 1.54) is 11.8 Å². The van der Waals surface area contributed by atoms with Crippen molar-refractivity contribution < 1.29 is 14.3 Å². The van der Waals surface area contributed by atoms with Gasteiger partial charge in [-0.05, 0) is 31.4 Å². The topological polar surface area (TPSA) is 61.2 Å². The Hall–Kier alpha value is -2.08. The van der Waals surface area contributed by atoms with Crippen LogP contribution in [-0.2, 0) is 4.74 Å². The summed E-state index contributed by atoms with van der Waals surface area (Å²) in [4.78, 5) is 24.3. The molecule has 0 radical (unpaired) electrons. The summed E-state index contributed by atoms with van der Waals surface area (Å²) in [6.07, 6.45) is 5.90. The maximum atomic E-state index is 12.1. The summed E-state index contributed by atoms with van der Waals surface area (Å²) in [5, 5.41) is 4.12. The summed E-state index contributed by atoms with van der Waals surface area (Å²) in [5.74, 6) is -0.521. The third-order valence-corrected chi connectivity index (χ3v) is 3.42. The molecule has 1 heterocycles. The molecule has 0 atom stereocenters. The van der Waals surface area contributed by atoms with Crippen LogP contribution < -0.4 is 0 Å². The third kappa shape index (κ3) is 2.75. The Kier molecular flexibility index (Phi) is 4.57. The van der Waals surface area contributed by atoms with Crippen LogP contribution >= 0.6 is 11.8 Å². The van der Waals surface area contributed by atoms with Crippen LogP contribution in [0.2, 0.25) is 0 Å². The van der Waals surface area contributed by atoms with Gasteiger partial charge in [0.25, 0.3) is 0 Å². The average Bonchev–Trinajstić information content (AvgIpc) is 3.00. The van der Waals surface area contributed by atoms with Crippen LogP contribution in [0.15, 0.2) is 35.5 Å². The molecule has 1 aromatic heterocycles. The number of nitrogens with zero attached hydrogens (tertiary/aromatic N) is 2. The summed E-state index contributed by atoms with van der Waals surface area (Å²) in [7, 11) is 0. The highest BCUT2D eigenvalue weighted by molar-refractivity contribution is 7.98. The number of thioether (sulfide) groups is 1. The van der Waals surface area contributed by atoms with Crippen LogP contribution in [0, 0.1) is 0 Å². The molecule has 0 bridgehead atoms. The fraction of sp³-hybridized carbons (Fsp3) is 0.214. The smallest absolute Gasteiger partial charge is 0.341 e. The van der Waals surface area contributed by atoms with E-state index in [2.05, 4.69) is 5.10 Å². The van der Waals surface area contributed by atoms with Crippen molar-refractivity contribution in [1.29, 1.82) is 0 Å². The molecule has 6 heteroatoms. The van der Waals surface area contributed by atoms with Gasteiger partial charge in [-0.3, -0.25) is 4.79 Å². The molecule has 0 spiro atoms. The van der Waals surface area contributed by atoms with Crippen molar-refractivity contribution >= 4 is 24.0 Å². The number of hydrogen-bond acceptors (Lipinski definition) is 5. The van der Waals surface area contributed by atoms with E-state index in [9.17, 15) is 9.59 Å². The van der Waals surface area contributed by atoms with Crippen LogP contribution in [-0.4, -0.2) is 34.9 Å². The molecule has 0 fully saturated rings. The normalized spacial score (nSPS) is 10.3. The second kappa shape index (κ2) is 6.38. The minimum Gasteiger partial charge on any atom is -0.462 e. The van der Waals surface area contributed by atoms with Crippen LogP contribution in [0.3, 0.4) is 0 Å². The van der Waals surface area contributed by atoms with Crippen LogP contribution in [0.25, 0.3) is 5.69 Å². The van der Waals surface area contributed by atoms with E-state index < -0.39 is 5.97 Å². The van der Waals surface area contributed by atoms with E-state index >= 15 is 0 Å². The zero-order valence-corrected chi connectivity index (χ0v) is 12.0. The lowest BCUT2D eigenvalue weighted by atomic mass is 10.1. The van der Waals surface area contributed by atoms with Crippen molar-refractivity contribution in [2.45, 2.75) is 11.8 Å². The molecule has 0 saturated carbocycles. The van der Waals surface area contributed by atoms with Gasteiger partial charge in [-0.25, -0.2) is 9.48 Å². The second-order valence-electron chi connectivity index (χ2n) is 3.90. The molecule has 0 N–H and O–H groups in total. The molecule has 0 aliphatic rings. The number of carbonyl (C=O) groups excluding carboxylic acids is 2. The number of esters is 1. The van der Waals surface area contributed by atoms with Gasteiger partial charge in [0.1, 0.15) is 0 Å². The zero-order valence-electron chi connectivity index (χ0n) is 11.2. The lowest BCUT2D eigenvalue weighted by Crippen LogP contribution is -2.13. The number of benzene rings is 1. The van der Waals surface area contributed by atoms with E-state index in [1.807, 2.05) is 12.3 Å². The van der Waals surface area contributed by atoms with Crippen LogP contribution in [0.5, 0.6) is 0 Å². The van der Waals surface area contributed by atoms with E-state index in [0.717, 1.165) is 4.90 Å². The van der Waals surface area contributed by atoms with Gasteiger partial charge >= 0.3 is 5.97 Å². The molecule has 0 aliphatic carbocycles. The van der Waals surface area contributed by atoms with E-state index in [-0.39, 0.29) is 12.2 Å². The van der Waals surface area contributed by atoms with Crippen molar-refractivity contribution in [1.82, 2.24) is 9.78 Å². The van der Waals surface area contributed by atoms with Gasteiger partial charge in [-0.15, -0.1) is 11.8 Å². The minimum absolute atomic E-state index is 0.239. The monoisotopic (exact) mass is 290 g/mol. The Labute approximate surface area is 120 Å². The SMILES string of the molecule is CCOC(=O)c1c(C=O)cc(SC)cc1-n1cccn1. The lowest BCUT2D eigenvalue weighted by molar-refractivity contribution is 0.0524. The summed E-state index contributed by atoms with van der Waals surface area (Å²) in [5.41, 5.74) is 1.09. The van der Waals surface area contributed by atoms with E-state index in [4.69, 9.17) is 4.74 Å². The number of carbonyl (C=O) groups is 2. The Morgan fingerprint density at radius 1 is 1.50 bits per heavy atom. The molecule has 2 aromatic rings. The summed E-state index contributed by atoms with van der Waals surface area (Å²) >= 11 is 1.49. The highest BCUT2D eigenvalue weighted by atomic mass is 32.2. The molecule has 0 amide bonds. The molecule has 20 heavy (non-hydrogen) atoms. The number of aromatic nitrogens is 2. The van der Waals surface area contributed by atoms with Gasteiger partial charge in [-0.1, -0.05) is 0 Å². The number of aldehydes is 1. The zero-order chi connectivity index (χ0) is 14.5. The Bertz CT molecular complexity index is 624. The molecular formula is C14H14N2O3S. The van der Waals surface area contributed by atoms with Crippen LogP contribution in [0.4, 0.5) is 0 Å². The molecule has 2 rings (SSSR count). The van der Waals surface area contributed by atoms with Gasteiger partial charge < -0.3 is 4.74 Å². The minimum atomic E-state index is -0.521. The van der Waals surface area contributed by atoms with Gasteiger partial charge in [0.05, 0.1) is 17.9 Å². The first-order valence-electron chi connectivity index (χ1n) is 6.05. The third-order valence-electron chi connectivity index (χ3n) is 2.72. The first kappa shape index (κ1) is 14.3. The van der Waals surface area contributed by atoms with Crippen LogP contribution in [0.1, 0.15) is 27.6 Å². The fourth-order valence-electron chi connectivity index (χ4n) is 1.85. The summed E-state index contributed by atoms with van der Waals surface area (Å²) < 4.78 is 6.59. The molecule has 0 saturated heterocycles. The Balaban J connectivity index is 2.67. The standard InChI is InChI=1S/C14H14N2O3S/c1-3-19-14(18)13-10(9-17)7-11(20-2)8-12(13)16-6-4-5-15-16/h4-9H,3H2,1-2H3.